The van der Waals surface area contributed by atoms with Gasteiger partial charge in [0.25, 0.3) is 0 Å². The number of thioether (sulfide) groups is 1. The number of aryl methyl sites for hydroxylation is 2. The minimum absolute atomic E-state index is 0.242. The first-order valence-corrected chi connectivity index (χ1v) is 10.0. The van der Waals surface area contributed by atoms with Crippen LogP contribution in [-0.4, -0.2) is 24.0 Å². The fourth-order valence-corrected chi connectivity index (χ4v) is 4.67. The zero-order valence-electron chi connectivity index (χ0n) is 14.9. The topological polar surface area (TPSA) is 36.4 Å². The number of rotatable bonds is 4. The summed E-state index contributed by atoms with van der Waals surface area (Å²) in [4.78, 5) is 4.62. The van der Waals surface area contributed by atoms with E-state index < -0.39 is 0 Å². The van der Waals surface area contributed by atoms with Crippen molar-refractivity contribution in [3.63, 3.8) is 0 Å². The molecule has 0 saturated carbocycles. The smallest absolute Gasteiger partial charge is 0.157 e. The molecular formula is C21H25N3S. The minimum Gasteiger partial charge on any atom is -0.384 e. The van der Waals surface area contributed by atoms with E-state index in [1.54, 1.807) is 0 Å². The normalized spacial score (nSPS) is 17.0. The summed E-state index contributed by atoms with van der Waals surface area (Å²) in [5, 5.41) is 8.41. The lowest BCUT2D eigenvalue weighted by Crippen LogP contribution is -2.27. The highest BCUT2D eigenvalue weighted by molar-refractivity contribution is 8.14. The molecule has 0 saturated heterocycles. The summed E-state index contributed by atoms with van der Waals surface area (Å²) in [6.45, 7) is 6.32. The number of anilines is 1. The number of aliphatic imine (C=N–C) groups is 1. The molecule has 2 aromatic rings. The Hall–Kier alpha value is -1.94. The molecule has 0 aromatic heterocycles. The summed E-state index contributed by atoms with van der Waals surface area (Å²) >= 11 is 1.83. The molecule has 1 unspecified atom stereocenters. The van der Waals surface area contributed by atoms with Crippen LogP contribution in [0.15, 0.2) is 41.4 Å². The van der Waals surface area contributed by atoms with E-state index in [1.807, 2.05) is 11.8 Å². The Kier molecular flexibility index (Phi) is 4.71. The second-order valence-corrected chi connectivity index (χ2v) is 8.07. The summed E-state index contributed by atoms with van der Waals surface area (Å²) in [7, 11) is 0. The van der Waals surface area contributed by atoms with E-state index in [1.165, 1.54) is 33.5 Å². The van der Waals surface area contributed by atoms with E-state index in [-0.39, 0.29) is 6.04 Å². The molecule has 0 radical (unpaired) electrons. The highest BCUT2D eigenvalue weighted by Gasteiger charge is 2.23. The van der Waals surface area contributed by atoms with Gasteiger partial charge in [-0.25, -0.2) is 0 Å². The van der Waals surface area contributed by atoms with Crippen LogP contribution < -0.4 is 10.6 Å². The Bertz CT molecular complexity index is 793. The Labute approximate surface area is 154 Å². The number of hydrogen-bond donors (Lipinski definition) is 2. The third-order valence-electron chi connectivity index (χ3n) is 4.86. The number of amidine groups is 1. The summed E-state index contributed by atoms with van der Waals surface area (Å²) < 4.78 is 0. The number of para-hydroxylation sites is 1. The van der Waals surface area contributed by atoms with Gasteiger partial charge in [-0.1, -0.05) is 59.3 Å². The SMILES string of the molecule is Cc1cc(C)cc(CC(NC2=NCCS2)c2cccc3c2NCC3)c1. The van der Waals surface area contributed by atoms with Crippen LogP contribution in [0, 0.1) is 13.8 Å². The molecule has 1 atom stereocenters. The highest BCUT2D eigenvalue weighted by Crippen LogP contribution is 2.33. The minimum atomic E-state index is 0.242. The van der Waals surface area contributed by atoms with E-state index in [4.69, 9.17) is 0 Å². The maximum absolute atomic E-state index is 4.62. The standard InChI is InChI=1S/C21H25N3S/c1-14-10-15(2)12-16(11-14)13-19(24-21-23-8-9-25-21)18-5-3-4-17-6-7-22-20(17)18/h3-5,10-12,19,22H,6-9,13H2,1-2H3,(H,23,24). The van der Waals surface area contributed by atoms with Crippen molar-refractivity contribution in [2.75, 3.05) is 24.2 Å². The molecule has 0 bridgehead atoms. The van der Waals surface area contributed by atoms with Crippen molar-refractivity contribution in [3.05, 3.63) is 64.2 Å². The summed E-state index contributed by atoms with van der Waals surface area (Å²) in [5.41, 5.74) is 8.17. The molecule has 25 heavy (non-hydrogen) atoms. The van der Waals surface area contributed by atoms with Gasteiger partial charge in [0.15, 0.2) is 5.17 Å². The first-order chi connectivity index (χ1) is 12.2. The molecule has 0 fully saturated rings. The molecule has 0 aliphatic carbocycles. The van der Waals surface area contributed by atoms with Crippen molar-refractivity contribution in [2.24, 2.45) is 4.99 Å². The van der Waals surface area contributed by atoms with Crippen LogP contribution in [0.4, 0.5) is 5.69 Å². The lowest BCUT2D eigenvalue weighted by atomic mass is 9.94. The van der Waals surface area contributed by atoms with Gasteiger partial charge in [0.2, 0.25) is 0 Å². The zero-order valence-corrected chi connectivity index (χ0v) is 15.7. The van der Waals surface area contributed by atoms with Gasteiger partial charge in [-0.2, -0.15) is 0 Å². The van der Waals surface area contributed by atoms with Crippen LogP contribution in [0.5, 0.6) is 0 Å². The molecular weight excluding hydrogens is 326 g/mol. The van der Waals surface area contributed by atoms with E-state index in [9.17, 15) is 0 Å². The van der Waals surface area contributed by atoms with E-state index in [0.29, 0.717) is 0 Å². The molecule has 2 N–H and O–H groups in total. The van der Waals surface area contributed by atoms with Gasteiger partial charge >= 0.3 is 0 Å². The van der Waals surface area contributed by atoms with Crippen molar-refractivity contribution in [1.82, 2.24) is 5.32 Å². The maximum atomic E-state index is 4.62. The van der Waals surface area contributed by atoms with Crippen molar-refractivity contribution in [2.45, 2.75) is 32.7 Å². The molecule has 3 nitrogen and oxygen atoms in total. The number of benzene rings is 2. The quantitative estimate of drug-likeness (QED) is 0.865. The first-order valence-electron chi connectivity index (χ1n) is 9.05. The number of hydrogen-bond acceptors (Lipinski definition) is 4. The fourth-order valence-electron chi connectivity index (χ4n) is 3.89. The summed E-state index contributed by atoms with van der Waals surface area (Å²) in [6, 6.07) is 13.8. The molecule has 4 heteroatoms. The maximum Gasteiger partial charge on any atom is 0.157 e. The Balaban J connectivity index is 1.68. The lowest BCUT2D eigenvalue weighted by molar-refractivity contribution is 0.649. The molecule has 0 amide bonds. The van der Waals surface area contributed by atoms with E-state index in [0.717, 1.165) is 36.9 Å². The average molecular weight is 352 g/mol. The van der Waals surface area contributed by atoms with Gasteiger partial charge in [-0.3, -0.25) is 4.99 Å². The second-order valence-electron chi connectivity index (χ2n) is 6.99. The van der Waals surface area contributed by atoms with Crippen molar-refractivity contribution in [1.29, 1.82) is 0 Å². The Morgan fingerprint density at radius 2 is 2.04 bits per heavy atom. The molecule has 2 aromatic carbocycles. The monoisotopic (exact) mass is 351 g/mol. The van der Waals surface area contributed by atoms with Crippen LogP contribution in [0.1, 0.15) is 33.9 Å². The lowest BCUT2D eigenvalue weighted by Gasteiger charge is -2.23. The molecule has 4 rings (SSSR count). The molecule has 0 spiro atoms. The Morgan fingerprint density at radius 3 is 2.80 bits per heavy atom. The number of nitrogens with zero attached hydrogens (tertiary/aromatic N) is 1. The van der Waals surface area contributed by atoms with Crippen LogP contribution in [0.25, 0.3) is 0 Å². The zero-order chi connectivity index (χ0) is 17.2. The molecule has 130 valence electrons. The van der Waals surface area contributed by atoms with E-state index in [2.05, 4.69) is 65.9 Å². The largest absolute Gasteiger partial charge is 0.384 e. The second kappa shape index (κ2) is 7.12. The van der Waals surface area contributed by atoms with Crippen LogP contribution >= 0.6 is 11.8 Å². The predicted octanol–water partition coefficient (Wildman–Crippen LogP) is 4.25. The van der Waals surface area contributed by atoms with Gasteiger partial charge in [0, 0.05) is 18.0 Å². The Morgan fingerprint density at radius 1 is 1.20 bits per heavy atom. The number of nitrogens with one attached hydrogen (secondary N) is 2. The molecule has 2 heterocycles. The molecule has 2 aliphatic heterocycles. The average Bonchev–Trinajstić information content (AvgIpc) is 3.24. The molecule has 2 aliphatic rings. The van der Waals surface area contributed by atoms with Crippen LogP contribution in [0.2, 0.25) is 0 Å². The van der Waals surface area contributed by atoms with Crippen molar-refractivity contribution in [3.8, 4) is 0 Å². The third kappa shape index (κ3) is 3.69. The highest BCUT2D eigenvalue weighted by atomic mass is 32.2. The fraction of sp³-hybridized carbons (Fsp3) is 0.381. The van der Waals surface area contributed by atoms with E-state index >= 15 is 0 Å². The van der Waals surface area contributed by atoms with Crippen molar-refractivity contribution >= 4 is 22.6 Å². The van der Waals surface area contributed by atoms with Crippen LogP contribution in [0.3, 0.4) is 0 Å². The first kappa shape index (κ1) is 16.5. The van der Waals surface area contributed by atoms with Crippen molar-refractivity contribution < 1.29 is 0 Å². The van der Waals surface area contributed by atoms with Gasteiger partial charge in [-0.15, -0.1) is 0 Å². The third-order valence-corrected chi connectivity index (χ3v) is 5.77. The van der Waals surface area contributed by atoms with Gasteiger partial charge in [0.1, 0.15) is 0 Å². The van der Waals surface area contributed by atoms with Crippen LogP contribution in [-0.2, 0) is 12.8 Å². The van der Waals surface area contributed by atoms with Gasteiger partial charge in [0.05, 0.1) is 12.6 Å². The predicted molar refractivity (Wildman–Crippen MR) is 109 cm³/mol. The number of fused-ring (bicyclic) bond motifs is 1. The summed E-state index contributed by atoms with van der Waals surface area (Å²) in [5.74, 6) is 1.09. The van der Waals surface area contributed by atoms with Gasteiger partial charge in [-0.05, 0) is 43.4 Å². The summed E-state index contributed by atoms with van der Waals surface area (Å²) in [6.07, 6.45) is 2.09. The van der Waals surface area contributed by atoms with Gasteiger partial charge < -0.3 is 10.6 Å².